The summed E-state index contributed by atoms with van der Waals surface area (Å²) in [7, 11) is -3.54. The second-order valence-corrected chi connectivity index (χ2v) is 10.4. The van der Waals surface area contributed by atoms with Gasteiger partial charge in [0, 0.05) is 25.4 Å². The molecule has 2 aliphatic rings. The summed E-state index contributed by atoms with van der Waals surface area (Å²) in [6.07, 6.45) is 1.22. The second-order valence-electron chi connectivity index (χ2n) is 7.42. The van der Waals surface area contributed by atoms with Crippen LogP contribution in [0, 0.1) is 5.92 Å². The van der Waals surface area contributed by atoms with Gasteiger partial charge in [-0.2, -0.15) is 4.31 Å². The van der Waals surface area contributed by atoms with Gasteiger partial charge in [-0.25, -0.2) is 8.42 Å². The molecule has 0 spiro atoms. The summed E-state index contributed by atoms with van der Waals surface area (Å²) in [5.41, 5.74) is 6.23. The van der Waals surface area contributed by atoms with Gasteiger partial charge < -0.3 is 10.6 Å². The third-order valence-corrected chi connectivity index (χ3v) is 8.57. The van der Waals surface area contributed by atoms with E-state index in [1.54, 1.807) is 23.9 Å². The molecule has 0 aromatic heterocycles. The van der Waals surface area contributed by atoms with Gasteiger partial charge in [-0.05, 0) is 41.7 Å². The number of rotatable bonds is 4. The van der Waals surface area contributed by atoms with Crippen LogP contribution in [0.1, 0.15) is 12.8 Å². The number of hydrogen-bond acceptors (Lipinski definition) is 5. The van der Waals surface area contributed by atoms with Crippen molar-refractivity contribution in [2.75, 3.05) is 31.3 Å². The van der Waals surface area contributed by atoms with Crippen LogP contribution in [-0.2, 0) is 14.8 Å². The topological polar surface area (TPSA) is 83.7 Å². The molecular weight excluding hydrogens is 394 g/mol. The molecule has 6 nitrogen and oxygen atoms in total. The van der Waals surface area contributed by atoms with Crippen molar-refractivity contribution >= 4 is 38.5 Å². The Morgan fingerprint density at radius 1 is 1.07 bits per heavy atom. The van der Waals surface area contributed by atoms with Crippen LogP contribution < -0.4 is 5.73 Å². The highest BCUT2D eigenvalue weighted by Crippen LogP contribution is 2.28. The molecule has 4 rings (SSSR count). The number of hydrogen-bond donors (Lipinski definition) is 1. The molecule has 0 radical (unpaired) electrons. The van der Waals surface area contributed by atoms with Crippen LogP contribution in [-0.4, -0.2) is 60.8 Å². The monoisotopic (exact) mass is 419 g/mol. The summed E-state index contributed by atoms with van der Waals surface area (Å²) < 4.78 is 27.7. The molecule has 0 saturated carbocycles. The Balaban J connectivity index is 1.43. The Bertz CT molecular complexity index is 966. The lowest BCUT2D eigenvalue weighted by atomic mass is 9.90. The normalized spacial score (nSPS) is 20.5. The van der Waals surface area contributed by atoms with E-state index in [2.05, 4.69) is 0 Å². The smallest absolute Gasteiger partial charge is 0.243 e. The van der Waals surface area contributed by atoms with Gasteiger partial charge in [-0.15, -0.1) is 11.8 Å². The highest BCUT2D eigenvalue weighted by Gasteiger charge is 2.35. The molecular formula is C20H25N3O3S2. The van der Waals surface area contributed by atoms with Gasteiger partial charge in [0.05, 0.1) is 16.8 Å². The second kappa shape index (κ2) is 8.02. The predicted octanol–water partition coefficient (Wildman–Crippen LogP) is 2.10. The summed E-state index contributed by atoms with van der Waals surface area (Å²) in [5, 5.41) is 1.93. The summed E-state index contributed by atoms with van der Waals surface area (Å²) in [6.45, 7) is 1.55. The van der Waals surface area contributed by atoms with Crippen LogP contribution in [0.15, 0.2) is 47.4 Å². The lowest BCUT2D eigenvalue weighted by molar-refractivity contribution is -0.132. The van der Waals surface area contributed by atoms with Crippen molar-refractivity contribution in [3.05, 3.63) is 42.5 Å². The molecule has 2 aromatic rings. The Kier molecular flexibility index (Phi) is 5.64. The third kappa shape index (κ3) is 3.78. The number of carbonyl (C=O) groups is 1. The fraction of sp³-hybridized carbons (Fsp3) is 0.450. The first-order valence-electron chi connectivity index (χ1n) is 9.58. The molecule has 1 amide bonds. The van der Waals surface area contributed by atoms with Crippen molar-refractivity contribution in [1.82, 2.24) is 9.21 Å². The molecule has 1 unspecified atom stereocenters. The zero-order valence-corrected chi connectivity index (χ0v) is 17.3. The fourth-order valence-electron chi connectivity index (χ4n) is 3.95. The van der Waals surface area contributed by atoms with Crippen molar-refractivity contribution in [3.8, 4) is 0 Å². The number of nitrogens with zero attached hydrogens (tertiary/aromatic N) is 2. The minimum Gasteiger partial charge on any atom is -0.331 e. The molecule has 0 bridgehead atoms. The van der Waals surface area contributed by atoms with Crippen LogP contribution in [0.2, 0.25) is 0 Å². The van der Waals surface area contributed by atoms with Crippen molar-refractivity contribution < 1.29 is 13.2 Å². The lowest BCUT2D eigenvalue weighted by Gasteiger charge is -2.34. The first-order chi connectivity index (χ1) is 13.5. The number of nitrogens with two attached hydrogens (primary N) is 1. The number of benzene rings is 2. The summed E-state index contributed by atoms with van der Waals surface area (Å²) in [5.74, 6) is 1.70. The number of piperidine rings is 1. The van der Waals surface area contributed by atoms with E-state index in [0.717, 1.165) is 23.1 Å². The van der Waals surface area contributed by atoms with Crippen LogP contribution in [0.5, 0.6) is 0 Å². The van der Waals surface area contributed by atoms with Gasteiger partial charge in [-0.3, -0.25) is 4.79 Å². The molecule has 28 heavy (non-hydrogen) atoms. The molecule has 2 aliphatic heterocycles. The molecule has 2 fully saturated rings. The first kappa shape index (κ1) is 19.7. The molecule has 2 N–H and O–H groups in total. The molecule has 2 aromatic carbocycles. The highest BCUT2D eigenvalue weighted by molar-refractivity contribution is 7.99. The Hall–Kier alpha value is -1.61. The highest BCUT2D eigenvalue weighted by atomic mass is 32.2. The minimum atomic E-state index is -3.54. The number of sulfonamides is 1. The van der Waals surface area contributed by atoms with Crippen molar-refractivity contribution in [1.29, 1.82) is 0 Å². The zero-order chi connectivity index (χ0) is 19.7. The van der Waals surface area contributed by atoms with Crippen LogP contribution in [0.4, 0.5) is 0 Å². The maximum absolute atomic E-state index is 13.1. The average molecular weight is 420 g/mol. The zero-order valence-electron chi connectivity index (χ0n) is 15.7. The van der Waals surface area contributed by atoms with E-state index in [0.29, 0.717) is 36.7 Å². The minimum absolute atomic E-state index is 0.000774. The van der Waals surface area contributed by atoms with E-state index >= 15 is 0 Å². The molecule has 8 heteroatoms. The standard InChI is InChI=1S/C20H25N3O3S2/c21-19(20(24)22-11-12-27-14-22)16-7-9-23(10-8-16)28(25,26)18-6-5-15-3-1-2-4-17(15)13-18/h1-6,13,16,19H,7-12,14,21H2. The van der Waals surface area contributed by atoms with Crippen LogP contribution in [0.25, 0.3) is 10.8 Å². The van der Waals surface area contributed by atoms with Gasteiger partial charge in [0.2, 0.25) is 15.9 Å². The Morgan fingerprint density at radius 2 is 1.79 bits per heavy atom. The van der Waals surface area contributed by atoms with E-state index in [4.69, 9.17) is 5.73 Å². The summed E-state index contributed by atoms with van der Waals surface area (Å²) in [6, 6.07) is 12.4. The van der Waals surface area contributed by atoms with E-state index in [1.165, 1.54) is 4.31 Å². The van der Waals surface area contributed by atoms with Gasteiger partial charge in [-0.1, -0.05) is 30.3 Å². The van der Waals surface area contributed by atoms with Gasteiger partial charge in [0.25, 0.3) is 0 Å². The summed E-state index contributed by atoms with van der Waals surface area (Å²) >= 11 is 1.74. The fourth-order valence-corrected chi connectivity index (χ4v) is 6.41. The van der Waals surface area contributed by atoms with Gasteiger partial charge in [0.1, 0.15) is 0 Å². The quantitative estimate of drug-likeness (QED) is 0.821. The van der Waals surface area contributed by atoms with Crippen molar-refractivity contribution in [3.63, 3.8) is 0 Å². The summed E-state index contributed by atoms with van der Waals surface area (Å²) in [4.78, 5) is 14.7. The Morgan fingerprint density at radius 3 is 2.46 bits per heavy atom. The van der Waals surface area contributed by atoms with E-state index in [9.17, 15) is 13.2 Å². The van der Waals surface area contributed by atoms with Crippen molar-refractivity contribution in [2.24, 2.45) is 11.7 Å². The Labute approximate surface area is 170 Å². The first-order valence-corrected chi connectivity index (χ1v) is 12.2. The SMILES string of the molecule is NC(C(=O)N1CCSC1)C1CCN(S(=O)(=O)c2ccc3ccccc3c2)CC1. The van der Waals surface area contributed by atoms with Gasteiger partial charge in [0.15, 0.2) is 0 Å². The average Bonchev–Trinajstić information content (AvgIpc) is 3.27. The van der Waals surface area contributed by atoms with Crippen LogP contribution >= 0.6 is 11.8 Å². The number of amides is 1. The molecule has 0 aliphatic carbocycles. The molecule has 2 heterocycles. The van der Waals surface area contributed by atoms with E-state index in [1.807, 2.05) is 35.2 Å². The third-order valence-electron chi connectivity index (χ3n) is 5.71. The van der Waals surface area contributed by atoms with Crippen LogP contribution in [0.3, 0.4) is 0 Å². The number of fused-ring (bicyclic) bond motifs is 1. The molecule has 150 valence electrons. The number of carbonyl (C=O) groups excluding carboxylic acids is 1. The maximum Gasteiger partial charge on any atom is 0.243 e. The lowest BCUT2D eigenvalue weighted by Crippen LogP contribution is -2.50. The maximum atomic E-state index is 13.1. The predicted molar refractivity (Wildman–Crippen MR) is 112 cm³/mol. The number of thioether (sulfide) groups is 1. The van der Waals surface area contributed by atoms with Crippen molar-refractivity contribution in [2.45, 2.75) is 23.8 Å². The largest absolute Gasteiger partial charge is 0.331 e. The van der Waals surface area contributed by atoms with Gasteiger partial charge >= 0.3 is 0 Å². The van der Waals surface area contributed by atoms with E-state index in [-0.39, 0.29) is 11.8 Å². The molecule has 1 atom stereocenters. The van der Waals surface area contributed by atoms with E-state index < -0.39 is 16.1 Å². The molecule has 2 saturated heterocycles.